The Morgan fingerprint density at radius 2 is 2.33 bits per heavy atom. The zero-order valence-electron chi connectivity index (χ0n) is 7.78. The monoisotopic (exact) mass is 184 g/mol. The molecule has 1 saturated carbocycles. The van der Waals surface area contributed by atoms with Gasteiger partial charge in [-0.3, -0.25) is 0 Å². The van der Waals surface area contributed by atoms with Crippen LogP contribution in [-0.2, 0) is 0 Å². The van der Waals surface area contributed by atoms with E-state index in [-0.39, 0.29) is 0 Å². The first-order valence-electron chi connectivity index (χ1n) is 5.07. The molecule has 0 aliphatic heterocycles. The van der Waals surface area contributed by atoms with Gasteiger partial charge in [-0.15, -0.1) is 11.6 Å². The maximum absolute atomic E-state index is 6.39. The molecule has 0 bridgehead atoms. The van der Waals surface area contributed by atoms with E-state index in [4.69, 9.17) is 11.6 Å². The van der Waals surface area contributed by atoms with Crippen molar-refractivity contribution in [3.8, 4) is 0 Å². The smallest absolute Gasteiger partial charge is 0.0426 e. The quantitative estimate of drug-likeness (QED) is 0.396. The van der Waals surface area contributed by atoms with Gasteiger partial charge in [-0.05, 0) is 38.5 Å². The summed E-state index contributed by atoms with van der Waals surface area (Å²) in [7, 11) is 0. The van der Waals surface area contributed by atoms with Crippen molar-refractivity contribution in [2.75, 3.05) is 0 Å². The zero-order chi connectivity index (χ0) is 8.60. The van der Waals surface area contributed by atoms with Crippen molar-refractivity contribution < 1.29 is 0 Å². The van der Waals surface area contributed by atoms with E-state index in [0.717, 1.165) is 0 Å². The van der Waals surface area contributed by atoms with Crippen LogP contribution >= 0.6 is 11.6 Å². The molecule has 68 valence electrons. The number of hydrogen-bond acceptors (Lipinski definition) is 0. The Hall–Kier alpha value is 0.0300. The lowest BCUT2D eigenvalue weighted by Gasteiger charge is -2.43. The highest BCUT2D eigenvalue weighted by atomic mass is 35.5. The molecule has 0 radical (unpaired) electrons. The molecule has 0 heterocycles. The summed E-state index contributed by atoms with van der Waals surface area (Å²) in [6.07, 6.45) is 10.2. The first-order chi connectivity index (χ1) is 5.73. The summed E-state index contributed by atoms with van der Waals surface area (Å²) in [4.78, 5) is 0. The topological polar surface area (TPSA) is 0 Å². The lowest BCUT2D eigenvalue weighted by molar-refractivity contribution is 0.269. The second kappa shape index (κ2) is 3.06. The molecule has 2 atom stereocenters. The molecule has 0 aromatic heterocycles. The minimum absolute atomic E-state index is 0.359. The Morgan fingerprint density at radius 3 is 3.08 bits per heavy atom. The van der Waals surface area contributed by atoms with Crippen LogP contribution in [0.4, 0.5) is 0 Å². The van der Waals surface area contributed by atoms with E-state index in [1.165, 1.54) is 38.5 Å². The van der Waals surface area contributed by atoms with Crippen LogP contribution in [0, 0.1) is 5.41 Å². The van der Waals surface area contributed by atoms with E-state index >= 15 is 0 Å². The molecule has 1 heteroatoms. The molecule has 0 spiro atoms. The van der Waals surface area contributed by atoms with Gasteiger partial charge >= 0.3 is 0 Å². The van der Waals surface area contributed by atoms with Crippen molar-refractivity contribution in [3.63, 3.8) is 0 Å². The zero-order valence-corrected chi connectivity index (χ0v) is 8.53. The van der Waals surface area contributed by atoms with E-state index in [9.17, 15) is 0 Å². The van der Waals surface area contributed by atoms with Gasteiger partial charge in [-0.1, -0.05) is 18.6 Å². The summed E-state index contributed by atoms with van der Waals surface area (Å²) in [5.41, 5.74) is 2.01. The molecule has 0 amide bonds. The number of halogens is 1. The standard InChI is InChI=1S/C11H17Cl/c1-11-8-3-2-5-9(11)6-4-7-10(11)12/h5,10H,2-4,6-8H2,1H3/t10-,11-/m0/s1. The molecule has 0 N–H and O–H groups in total. The van der Waals surface area contributed by atoms with Crippen molar-refractivity contribution in [1.82, 2.24) is 0 Å². The first kappa shape index (κ1) is 8.62. The van der Waals surface area contributed by atoms with Crippen molar-refractivity contribution in [1.29, 1.82) is 0 Å². The van der Waals surface area contributed by atoms with Crippen LogP contribution in [0.3, 0.4) is 0 Å². The number of alkyl halides is 1. The molecule has 2 rings (SSSR count). The number of fused-ring (bicyclic) bond motifs is 1. The molecule has 0 nitrogen and oxygen atoms in total. The van der Waals surface area contributed by atoms with Crippen LogP contribution in [-0.4, -0.2) is 5.38 Å². The molecule has 0 aromatic rings. The highest BCUT2D eigenvalue weighted by Gasteiger charge is 2.39. The second-order valence-electron chi connectivity index (χ2n) is 4.40. The fourth-order valence-corrected chi connectivity index (χ4v) is 3.08. The molecule has 0 saturated heterocycles. The highest BCUT2D eigenvalue weighted by Crippen LogP contribution is 2.49. The maximum Gasteiger partial charge on any atom is 0.0426 e. The van der Waals surface area contributed by atoms with Gasteiger partial charge < -0.3 is 0 Å². The number of allylic oxidation sites excluding steroid dienone is 2. The minimum Gasteiger partial charge on any atom is -0.122 e. The Morgan fingerprint density at radius 1 is 1.50 bits per heavy atom. The van der Waals surface area contributed by atoms with E-state index in [0.29, 0.717) is 10.8 Å². The summed E-state index contributed by atoms with van der Waals surface area (Å²) >= 11 is 6.39. The van der Waals surface area contributed by atoms with Gasteiger partial charge in [-0.25, -0.2) is 0 Å². The predicted molar refractivity (Wildman–Crippen MR) is 53.5 cm³/mol. The van der Waals surface area contributed by atoms with Gasteiger partial charge in [0.1, 0.15) is 0 Å². The molecule has 1 fully saturated rings. The Labute approximate surface area is 80.0 Å². The molecule has 0 unspecified atom stereocenters. The number of rotatable bonds is 0. The van der Waals surface area contributed by atoms with Crippen molar-refractivity contribution >= 4 is 11.6 Å². The van der Waals surface area contributed by atoms with E-state index < -0.39 is 0 Å². The van der Waals surface area contributed by atoms with Crippen molar-refractivity contribution in [3.05, 3.63) is 11.6 Å². The fourth-order valence-electron chi connectivity index (χ4n) is 2.67. The van der Waals surface area contributed by atoms with Crippen molar-refractivity contribution in [2.45, 2.75) is 50.8 Å². The molecule has 2 aliphatic carbocycles. The summed E-state index contributed by atoms with van der Waals surface area (Å²) in [5.74, 6) is 0. The summed E-state index contributed by atoms with van der Waals surface area (Å²) < 4.78 is 0. The molecule has 0 aromatic carbocycles. The summed E-state index contributed by atoms with van der Waals surface area (Å²) in [6.45, 7) is 2.36. The number of hydrogen-bond donors (Lipinski definition) is 0. The van der Waals surface area contributed by atoms with Gasteiger partial charge in [0.2, 0.25) is 0 Å². The van der Waals surface area contributed by atoms with Crippen LogP contribution in [0.5, 0.6) is 0 Å². The van der Waals surface area contributed by atoms with Gasteiger partial charge in [0.15, 0.2) is 0 Å². The largest absolute Gasteiger partial charge is 0.122 e. The molecular formula is C11H17Cl. The van der Waals surface area contributed by atoms with E-state index in [2.05, 4.69) is 13.0 Å². The third-order valence-corrected chi connectivity index (χ3v) is 4.32. The predicted octanol–water partition coefficient (Wildman–Crippen LogP) is 3.89. The molecule has 2 aliphatic rings. The third kappa shape index (κ3) is 1.21. The van der Waals surface area contributed by atoms with Gasteiger partial charge in [0.05, 0.1) is 0 Å². The molecule has 12 heavy (non-hydrogen) atoms. The first-order valence-corrected chi connectivity index (χ1v) is 5.51. The SMILES string of the molecule is C[C@]12CCCC=C1CCC[C@@H]2Cl. The van der Waals surface area contributed by atoms with Gasteiger partial charge in [0, 0.05) is 10.8 Å². The van der Waals surface area contributed by atoms with Crippen LogP contribution in [0.25, 0.3) is 0 Å². The van der Waals surface area contributed by atoms with Crippen molar-refractivity contribution in [2.24, 2.45) is 5.41 Å². The van der Waals surface area contributed by atoms with Crippen LogP contribution in [0.15, 0.2) is 11.6 Å². The average Bonchev–Trinajstić information content (AvgIpc) is 2.07. The third-order valence-electron chi connectivity index (χ3n) is 3.62. The normalized spacial score (nSPS) is 41.8. The van der Waals surface area contributed by atoms with Crippen LogP contribution in [0.1, 0.15) is 45.4 Å². The lowest BCUT2D eigenvalue weighted by atomic mass is 9.66. The minimum atomic E-state index is 0.359. The Kier molecular flexibility index (Phi) is 2.20. The van der Waals surface area contributed by atoms with E-state index in [1.54, 1.807) is 5.57 Å². The van der Waals surface area contributed by atoms with Crippen LogP contribution < -0.4 is 0 Å². The maximum atomic E-state index is 6.39. The average molecular weight is 185 g/mol. The highest BCUT2D eigenvalue weighted by molar-refractivity contribution is 6.21. The summed E-state index contributed by atoms with van der Waals surface area (Å²) in [6, 6.07) is 0. The van der Waals surface area contributed by atoms with Crippen LogP contribution in [0.2, 0.25) is 0 Å². The second-order valence-corrected chi connectivity index (χ2v) is 4.93. The molecular weight excluding hydrogens is 168 g/mol. The fraction of sp³-hybridized carbons (Fsp3) is 0.818. The van der Waals surface area contributed by atoms with Gasteiger partial charge in [-0.2, -0.15) is 0 Å². The Balaban J connectivity index is 2.28. The van der Waals surface area contributed by atoms with Gasteiger partial charge in [0.25, 0.3) is 0 Å². The summed E-state index contributed by atoms with van der Waals surface area (Å²) in [5, 5.41) is 0.401. The van der Waals surface area contributed by atoms with E-state index in [1.807, 2.05) is 0 Å². The Bertz CT molecular complexity index is 207. The lowest BCUT2D eigenvalue weighted by Crippen LogP contribution is -2.35.